The molecule has 2 aromatic rings. The molecule has 6 heteroatoms. The normalized spacial score (nSPS) is 18.0. The monoisotopic (exact) mass is 403 g/mol. The van der Waals surface area contributed by atoms with Gasteiger partial charge in [0.25, 0.3) is 5.91 Å². The van der Waals surface area contributed by atoms with Gasteiger partial charge >= 0.3 is 0 Å². The number of halogens is 1. The molecule has 1 atom stereocenters. The number of hydrogen-bond donors (Lipinski definition) is 0. The lowest BCUT2D eigenvalue weighted by atomic mass is 9.85. The molecule has 1 aromatic heterocycles. The number of ether oxygens (including phenoxy) is 1. The standard InChI is InChI=1S/C22H29FN2O2S/c1-18(23)21(26)25(19-7-4-3-5-8-19)22(17-27-2)11-14-24(15-12-22)13-10-20-9-6-16-28-20/h3-9,16,18H,10-15,17H2,1-2H3/i23-1. The summed E-state index contributed by atoms with van der Waals surface area (Å²) in [6.45, 7) is 4.45. The van der Waals surface area contributed by atoms with Crippen LogP contribution in [0, 0.1) is 0 Å². The number of amides is 1. The first kappa shape index (κ1) is 21.0. The van der Waals surface area contributed by atoms with E-state index in [1.54, 1.807) is 23.3 Å². The van der Waals surface area contributed by atoms with Crippen molar-refractivity contribution in [2.45, 2.75) is 37.9 Å². The van der Waals surface area contributed by atoms with Gasteiger partial charge in [0.1, 0.15) is 0 Å². The fourth-order valence-electron chi connectivity index (χ4n) is 4.01. The van der Waals surface area contributed by atoms with Crippen LogP contribution < -0.4 is 4.90 Å². The molecule has 152 valence electrons. The van der Waals surface area contributed by atoms with Gasteiger partial charge in [0.15, 0.2) is 6.17 Å². The molecular weight excluding hydrogens is 374 g/mol. The Kier molecular flexibility index (Phi) is 7.21. The maximum absolute atomic E-state index is 14.1. The Bertz CT molecular complexity index is 728. The van der Waals surface area contributed by atoms with Gasteiger partial charge in [0.05, 0.1) is 12.1 Å². The van der Waals surface area contributed by atoms with Crippen molar-refractivity contribution in [2.24, 2.45) is 0 Å². The summed E-state index contributed by atoms with van der Waals surface area (Å²) < 4.78 is 19.6. The minimum atomic E-state index is -1.55. The van der Waals surface area contributed by atoms with Gasteiger partial charge in [-0.05, 0) is 49.8 Å². The summed E-state index contributed by atoms with van der Waals surface area (Å²) in [5.41, 5.74) is 0.216. The molecule has 3 rings (SSSR count). The number of thiophene rings is 1. The van der Waals surface area contributed by atoms with E-state index in [9.17, 15) is 9.18 Å². The van der Waals surface area contributed by atoms with Gasteiger partial charge in [-0.1, -0.05) is 24.3 Å². The van der Waals surface area contributed by atoms with Crippen LogP contribution in [0.3, 0.4) is 0 Å². The first-order valence-corrected chi connectivity index (χ1v) is 10.7. The van der Waals surface area contributed by atoms with E-state index in [1.165, 1.54) is 11.8 Å². The lowest BCUT2D eigenvalue weighted by Crippen LogP contribution is -2.61. The highest BCUT2D eigenvalue weighted by molar-refractivity contribution is 7.09. The molecule has 28 heavy (non-hydrogen) atoms. The molecule has 1 saturated heterocycles. The maximum atomic E-state index is 14.1. The Morgan fingerprint density at radius 3 is 2.54 bits per heavy atom. The van der Waals surface area contributed by atoms with E-state index >= 15 is 0 Å². The number of likely N-dealkylation sites (tertiary alicyclic amines) is 1. The lowest BCUT2D eigenvalue weighted by molar-refractivity contribution is -0.125. The molecule has 0 aliphatic carbocycles. The van der Waals surface area contributed by atoms with E-state index in [0.29, 0.717) is 6.61 Å². The Morgan fingerprint density at radius 1 is 1.25 bits per heavy atom. The van der Waals surface area contributed by atoms with Crippen molar-refractivity contribution in [3.63, 3.8) is 0 Å². The summed E-state index contributed by atoms with van der Waals surface area (Å²) in [7, 11) is 1.65. The molecule has 0 N–H and O–H groups in total. The van der Waals surface area contributed by atoms with Crippen LogP contribution in [-0.4, -0.2) is 55.9 Å². The van der Waals surface area contributed by atoms with Gasteiger partial charge in [-0.2, -0.15) is 0 Å². The molecule has 4 nitrogen and oxygen atoms in total. The highest BCUT2D eigenvalue weighted by Gasteiger charge is 2.44. The largest absolute Gasteiger partial charge is 0.382 e. The zero-order chi connectivity index (χ0) is 20.0. The van der Waals surface area contributed by atoms with Crippen molar-refractivity contribution in [2.75, 3.05) is 38.3 Å². The lowest BCUT2D eigenvalue weighted by Gasteiger charge is -2.48. The molecule has 0 radical (unpaired) electrons. The fraction of sp³-hybridized carbons (Fsp3) is 0.500. The molecule has 1 fully saturated rings. The topological polar surface area (TPSA) is 32.8 Å². The number of carbonyl (C=O) groups excluding carboxylic acids is 1. The summed E-state index contributed by atoms with van der Waals surface area (Å²) >= 11 is 1.79. The fourth-order valence-corrected chi connectivity index (χ4v) is 4.71. The molecule has 1 aliphatic rings. The number of nitrogens with zero attached hydrogens (tertiary/aromatic N) is 2. The van der Waals surface area contributed by atoms with E-state index in [0.717, 1.165) is 44.6 Å². The second kappa shape index (κ2) is 9.63. The third-order valence-electron chi connectivity index (χ3n) is 5.50. The molecule has 1 unspecified atom stereocenters. The molecule has 1 amide bonds. The number of hydrogen-bond acceptors (Lipinski definition) is 4. The van der Waals surface area contributed by atoms with Crippen molar-refractivity contribution in [3.05, 3.63) is 52.7 Å². The zero-order valence-corrected chi connectivity index (χ0v) is 17.5. The third kappa shape index (κ3) is 4.80. The molecule has 1 aliphatic heterocycles. The van der Waals surface area contributed by atoms with Gasteiger partial charge in [-0.25, -0.2) is 4.39 Å². The smallest absolute Gasteiger partial charge is 0.261 e. The van der Waals surface area contributed by atoms with Crippen molar-refractivity contribution < 1.29 is 13.9 Å². The SMILES string of the molecule is COCC1(N(C(=O)C(C)[18F])c2ccccc2)CCN(CCc2cccs2)CC1. The second-order valence-corrected chi connectivity index (χ2v) is 8.49. The van der Waals surface area contributed by atoms with Crippen molar-refractivity contribution in [1.29, 1.82) is 0 Å². The summed E-state index contributed by atoms with van der Waals surface area (Å²) in [6, 6.07) is 13.7. The summed E-state index contributed by atoms with van der Waals surface area (Å²) in [5.74, 6) is -0.490. The van der Waals surface area contributed by atoms with Gasteiger partial charge in [0, 0.05) is 37.3 Å². The third-order valence-corrected chi connectivity index (χ3v) is 6.44. The highest BCUT2D eigenvalue weighted by atomic mass is 32.1. The van der Waals surface area contributed by atoms with Crippen LogP contribution in [0.4, 0.5) is 10.1 Å². The summed E-state index contributed by atoms with van der Waals surface area (Å²) in [4.78, 5) is 18.4. The number of alkyl halides is 1. The van der Waals surface area contributed by atoms with Gasteiger partial charge < -0.3 is 14.5 Å². The van der Waals surface area contributed by atoms with Crippen molar-refractivity contribution >= 4 is 22.9 Å². The number of para-hydroxylation sites is 1. The minimum absolute atomic E-state index is 0.402. The minimum Gasteiger partial charge on any atom is -0.382 e. The Labute approximate surface area is 170 Å². The number of anilines is 1. The van der Waals surface area contributed by atoms with Crippen LogP contribution in [0.2, 0.25) is 0 Å². The highest BCUT2D eigenvalue weighted by Crippen LogP contribution is 2.35. The maximum Gasteiger partial charge on any atom is 0.261 e. The quantitative estimate of drug-likeness (QED) is 0.663. The van der Waals surface area contributed by atoms with E-state index in [2.05, 4.69) is 22.4 Å². The van der Waals surface area contributed by atoms with Crippen LogP contribution in [0.1, 0.15) is 24.6 Å². The van der Waals surface area contributed by atoms with Crippen molar-refractivity contribution in [1.82, 2.24) is 4.90 Å². The van der Waals surface area contributed by atoms with E-state index < -0.39 is 17.6 Å². The molecule has 0 spiro atoms. The second-order valence-electron chi connectivity index (χ2n) is 7.45. The number of piperidine rings is 1. The Morgan fingerprint density at radius 2 is 1.96 bits per heavy atom. The molecule has 1 aromatic carbocycles. The first-order chi connectivity index (χ1) is 13.6. The molecule has 0 saturated carbocycles. The molecule has 0 bridgehead atoms. The average molecular weight is 404 g/mol. The zero-order valence-electron chi connectivity index (χ0n) is 16.6. The van der Waals surface area contributed by atoms with E-state index in [-0.39, 0.29) is 0 Å². The average Bonchev–Trinajstić information content (AvgIpc) is 3.22. The summed E-state index contributed by atoms with van der Waals surface area (Å²) in [6.07, 6.45) is 1.01. The van der Waals surface area contributed by atoms with E-state index in [4.69, 9.17) is 4.74 Å². The molecular formula is C22H29FN2O2S. The van der Waals surface area contributed by atoms with Crippen LogP contribution in [0.5, 0.6) is 0 Å². The van der Waals surface area contributed by atoms with Crippen LogP contribution in [-0.2, 0) is 16.0 Å². The first-order valence-electron chi connectivity index (χ1n) is 9.82. The van der Waals surface area contributed by atoms with Gasteiger partial charge in [-0.3, -0.25) is 4.79 Å². The number of carbonyl (C=O) groups is 1. The van der Waals surface area contributed by atoms with Crippen molar-refractivity contribution in [3.8, 4) is 0 Å². The number of benzene rings is 1. The predicted molar refractivity (Wildman–Crippen MR) is 113 cm³/mol. The van der Waals surface area contributed by atoms with E-state index in [1.807, 2.05) is 30.3 Å². The predicted octanol–water partition coefficient (Wildman–Crippen LogP) is 4.16. The van der Waals surface area contributed by atoms with Crippen LogP contribution >= 0.6 is 11.3 Å². The van der Waals surface area contributed by atoms with Gasteiger partial charge in [-0.15, -0.1) is 11.3 Å². The molecule has 2 heterocycles. The number of rotatable bonds is 8. The van der Waals surface area contributed by atoms with Gasteiger partial charge in [0.2, 0.25) is 0 Å². The number of methoxy groups -OCH3 is 1. The summed E-state index contributed by atoms with van der Waals surface area (Å²) in [5, 5.41) is 2.11. The Hall–Kier alpha value is -1.76. The Balaban J connectivity index is 1.77. The van der Waals surface area contributed by atoms with Crippen LogP contribution in [0.25, 0.3) is 0 Å². The van der Waals surface area contributed by atoms with Crippen LogP contribution in [0.15, 0.2) is 47.8 Å².